The van der Waals surface area contributed by atoms with E-state index in [4.69, 9.17) is 11.6 Å². The fourth-order valence-corrected chi connectivity index (χ4v) is 3.57. The van der Waals surface area contributed by atoms with Gasteiger partial charge < -0.3 is 20.4 Å². The Kier molecular flexibility index (Phi) is 8.00. The first kappa shape index (κ1) is 24.2. The van der Waals surface area contributed by atoms with Gasteiger partial charge in [0, 0.05) is 44.5 Å². The van der Waals surface area contributed by atoms with Crippen molar-refractivity contribution in [2.75, 3.05) is 30.9 Å². The summed E-state index contributed by atoms with van der Waals surface area (Å²) >= 11 is 5.79. The molecule has 0 aliphatic carbocycles. The van der Waals surface area contributed by atoms with Crippen LogP contribution in [0, 0.1) is 0 Å². The molecule has 33 heavy (non-hydrogen) atoms. The summed E-state index contributed by atoms with van der Waals surface area (Å²) in [5.74, 6) is -1.04. The Hall–Kier alpha value is -3.46. The number of nitrogens with zero attached hydrogens (tertiary/aromatic N) is 3. The van der Waals surface area contributed by atoms with E-state index in [1.165, 1.54) is 17.2 Å². The first-order chi connectivity index (χ1) is 15.7. The molecule has 1 fully saturated rings. The van der Waals surface area contributed by atoms with Crippen molar-refractivity contribution in [3.63, 3.8) is 0 Å². The Morgan fingerprint density at radius 3 is 2.45 bits per heavy atom. The van der Waals surface area contributed by atoms with E-state index < -0.39 is 23.8 Å². The van der Waals surface area contributed by atoms with Gasteiger partial charge >= 0.3 is 0 Å². The number of carbonyl (C=O) groups is 4. The second-order valence-corrected chi connectivity index (χ2v) is 8.36. The van der Waals surface area contributed by atoms with E-state index >= 15 is 0 Å². The van der Waals surface area contributed by atoms with Crippen molar-refractivity contribution in [2.45, 2.75) is 31.7 Å². The molecule has 1 saturated heterocycles. The van der Waals surface area contributed by atoms with E-state index in [-0.39, 0.29) is 18.1 Å². The molecule has 174 valence electrons. The summed E-state index contributed by atoms with van der Waals surface area (Å²) in [5.41, 5.74) is 1.05. The molecule has 2 N–H and O–H groups in total. The van der Waals surface area contributed by atoms with Crippen molar-refractivity contribution in [1.29, 1.82) is 0 Å². The summed E-state index contributed by atoms with van der Waals surface area (Å²) in [6, 6.07) is 8.66. The summed E-state index contributed by atoms with van der Waals surface area (Å²) < 4.78 is 0. The highest BCUT2D eigenvalue weighted by molar-refractivity contribution is 6.30. The third-order valence-electron chi connectivity index (χ3n) is 5.19. The van der Waals surface area contributed by atoms with E-state index in [9.17, 15) is 19.2 Å². The molecule has 3 rings (SSSR count). The Balaban J connectivity index is 1.67. The molecule has 1 aliphatic rings. The Morgan fingerprint density at radius 2 is 1.85 bits per heavy atom. The average molecular weight is 472 g/mol. The lowest BCUT2D eigenvalue weighted by molar-refractivity contribution is -0.132. The van der Waals surface area contributed by atoms with Gasteiger partial charge in [0.15, 0.2) is 0 Å². The fourth-order valence-electron chi connectivity index (χ4n) is 3.45. The number of hydrogen-bond acceptors (Lipinski definition) is 5. The van der Waals surface area contributed by atoms with Crippen LogP contribution in [0.2, 0.25) is 5.02 Å². The van der Waals surface area contributed by atoms with Gasteiger partial charge in [-0.3, -0.25) is 19.2 Å². The zero-order chi connectivity index (χ0) is 24.0. The normalized spacial score (nSPS) is 14.4. The maximum absolute atomic E-state index is 12.8. The molecule has 2 heterocycles. The van der Waals surface area contributed by atoms with Crippen LogP contribution in [0.25, 0.3) is 0 Å². The van der Waals surface area contributed by atoms with Gasteiger partial charge in [0.2, 0.25) is 17.7 Å². The Labute approximate surface area is 197 Å². The van der Waals surface area contributed by atoms with Gasteiger partial charge in [-0.2, -0.15) is 0 Å². The van der Waals surface area contributed by atoms with Crippen LogP contribution >= 0.6 is 11.6 Å². The number of pyridine rings is 1. The van der Waals surface area contributed by atoms with Crippen molar-refractivity contribution >= 4 is 46.7 Å². The SMILES string of the molecule is CN(C)C(=O)[C@H](CC(=O)Nc1ccc(Cl)cn1)NC(=O)c1ccc(N2CCCCC2=O)cc1. The van der Waals surface area contributed by atoms with Crippen molar-refractivity contribution < 1.29 is 19.2 Å². The summed E-state index contributed by atoms with van der Waals surface area (Å²) in [6.45, 7) is 0.654. The molecule has 10 heteroatoms. The van der Waals surface area contributed by atoms with Gasteiger partial charge in [-0.1, -0.05) is 11.6 Å². The zero-order valence-electron chi connectivity index (χ0n) is 18.5. The van der Waals surface area contributed by atoms with Gasteiger partial charge in [0.1, 0.15) is 11.9 Å². The lowest BCUT2D eigenvalue weighted by atomic mass is 10.1. The monoisotopic (exact) mass is 471 g/mol. The fraction of sp³-hybridized carbons (Fsp3) is 0.348. The quantitative estimate of drug-likeness (QED) is 0.644. The first-order valence-corrected chi connectivity index (χ1v) is 11.0. The lowest BCUT2D eigenvalue weighted by Gasteiger charge is -2.27. The van der Waals surface area contributed by atoms with Gasteiger partial charge in [-0.15, -0.1) is 0 Å². The molecule has 4 amide bonds. The van der Waals surface area contributed by atoms with E-state index in [2.05, 4.69) is 15.6 Å². The van der Waals surface area contributed by atoms with Crippen LogP contribution in [-0.2, 0) is 14.4 Å². The highest BCUT2D eigenvalue weighted by Gasteiger charge is 2.26. The summed E-state index contributed by atoms with van der Waals surface area (Å²) in [5, 5.41) is 5.65. The third kappa shape index (κ3) is 6.52. The van der Waals surface area contributed by atoms with Crippen LogP contribution in [-0.4, -0.2) is 60.2 Å². The zero-order valence-corrected chi connectivity index (χ0v) is 19.3. The topological polar surface area (TPSA) is 112 Å². The van der Waals surface area contributed by atoms with E-state index in [1.54, 1.807) is 49.3 Å². The minimum absolute atomic E-state index is 0.0660. The predicted octanol–water partition coefficient (Wildman–Crippen LogP) is 2.47. The van der Waals surface area contributed by atoms with Crippen molar-refractivity contribution in [2.24, 2.45) is 0 Å². The highest BCUT2D eigenvalue weighted by atomic mass is 35.5. The number of piperidine rings is 1. The second kappa shape index (κ2) is 10.9. The molecule has 1 aromatic carbocycles. The number of nitrogens with one attached hydrogen (secondary N) is 2. The van der Waals surface area contributed by atoms with Crippen LogP contribution in [0.1, 0.15) is 36.0 Å². The molecule has 0 bridgehead atoms. The summed E-state index contributed by atoms with van der Waals surface area (Å²) in [6.07, 6.45) is 3.47. The largest absolute Gasteiger partial charge is 0.347 e. The smallest absolute Gasteiger partial charge is 0.251 e. The molecule has 1 aromatic heterocycles. The number of likely N-dealkylation sites (N-methyl/N-ethyl adjacent to an activating group) is 1. The van der Waals surface area contributed by atoms with Crippen molar-refractivity contribution in [1.82, 2.24) is 15.2 Å². The number of anilines is 2. The number of hydrogen-bond donors (Lipinski definition) is 2. The maximum Gasteiger partial charge on any atom is 0.251 e. The van der Waals surface area contributed by atoms with Crippen LogP contribution < -0.4 is 15.5 Å². The first-order valence-electron chi connectivity index (χ1n) is 10.6. The van der Waals surface area contributed by atoms with Gasteiger partial charge in [0.05, 0.1) is 11.4 Å². The number of halogens is 1. The van der Waals surface area contributed by atoms with Gasteiger partial charge in [0.25, 0.3) is 5.91 Å². The molecule has 2 aromatic rings. The molecule has 0 saturated carbocycles. The molecule has 9 nitrogen and oxygen atoms in total. The van der Waals surface area contributed by atoms with Gasteiger partial charge in [-0.05, 0) is 49.2 Å². The average Bonchev–Trinajstić information content (AvgIpc) is 2.80. The predicted molar refractivity (Wildman–Crippen MR) is 125 cm³/mol. The number of rotatable bonds is 7. The molecular weight excluding hydrogens is 446 g/mol. The lowest BCUT2D eigenvalue weighted by Crippen LogP contribution is -2.48. The minimum atomic E-state index is -1.07. The number of benzene rings is 1. The summed E-state index contributed by atoms with van der Waals surface area (Å²) in [4.78, 5) is 57.0. The molecular formula is C23H26ClN5O4. The molecule has 1 aliphatic heterocycles. The second-order valence-electron chi connectivity index (χ2n) is 7.92. The van der Waals surface area contributed by atoms with E-state index in [1.807, 2.05) is 0 Å². The third-order valence-corrected chi connectivity index (χ3v) is 5.42. The Bertz CT molecular complexity index is 1020. The molecule has 0 spiro atoms. The molecule has 0 radical (unpaired) electrons. The van der Waals surface area contributed by atoms with Crippen LogP contribution in [0.4, 0.5) is 11.5 Å². The number of amides is 4. The number of aromatic nitrogens is 1. The van der Waals surface area contributed by atoms with E-state index in [0.717, 1.165) is 18.5 Å². The molecule has 1 atom stereocenters. The summed E-state index contributed by atoms with van der Waals surface area (Å²) in [7, 11) is 3.09. The van der Waals surface area contributed by atoms with Crippen molar-refractivity contribution in [3.8, 4) is 0 Å². The maximum atomic E-state index is 12.8. The Morgan fingerprint density at radius 1 is 1.12 bits per heavy atom. The van der Waals surface area contributed by atoms with Crippen LogP contribution in [0.15, 0.2) is 42.6 Å². The standard InChI is InChI=1S/C23H26ClN5O4/c1-28(2)23(33)18(13-20(30)27-19-11-8-16(24)14-25-19)26-22(32)15-6-9-17(10-7-15)29-12-4-3-5-21(29)31/h6-11,14,18H,3-5,12-13H2,1-2H3,(H,26,32)(H,25,27,30)/t18-/m0/s1. The van der Waals surface area contributed by atoms with Crippen LogP contribution in [0.5, 0.6) is 0 Å². The van der Waals surface area contributed by atoms with Crippen LogP contribution in [0.3, 0.4) is 0 Å². The van der Waals surface area contributed by atoms with Gasteiger partial charge in [-0.25, -0.2) is 4.98 Å². The van der Waals surface area contributed by atoms with E-state index in [0.29, 0.717) is 23.6 Å². The minimum Gasteiger partial charge on any atom is -0.347 e. The highest BCUT2D eigenvalue weighted by Crippen LogP contribution is 2.21. The molecule has 0 unspecified atom stereocenters. The number of carbonyl (C=O) groups excluding carboxylic acids is 4. The van der Waals surface area contributed by atoms with Crippen molar-refractivity contribution in [3.05, 3.63) is 53.2 Å².